The Hall–Kier alpha value is -3.36. The maximum absolute atomic E-state index is 13.6. The van der Waals surface area contributed by atoms with Crippen molar-refractivity contribution < 1.29 is 18.4 Å². The molecule has 0 atom stereocenters. The fourth-order valence-electron chi connectivity index (χ4n) is 2.91. The Morgan fingerprint density at radius 3 is 2.70 bits per heavy atom. The van der Waals surface area contributed by atoms with Gasteiger partial charge in [-0.25, -0.2) is 18.7 Å². The van der Waals surface area contributed by atoms with E-state index in [-0.39, 0.29) is 17.8 Å². The lowest BCUT2D eigenvalue weighted by Crippen LogP contribution is -2.16. The van der Waals surface area contributed by atoms with Crippen LogP contribution in [0.4, 0.5) is 14.5 Å². The van der Waals surface area contributed by atoms with Gasteiger partial charge in [0.15, 0.2) is 11.3 Å². The lowest BCUT2D eigenvalue weighted by Gasteiger charge is -2.12. The molecule has 0 spiro atoms. The second-order valence-corrected chi connectivity index (χ2v) is 6.08. The van der Waals surface area contributed by atoms with Crippen molar-refractivity contribution in [2.75, 3.05) is 5.32 Å². The highest BCUT2D eigenvalue weighted by Crippen LogP contribution is 2.20. The molecular weight excluding hydrogens is 356 g/mol. The highest BCUT2D eigenvalue weighted by Gasteiger charge is 2.17. The Kier molecular flexibility index (Phi) is 4.85. The summed E-state index contributed by atoms with van der Waals surface area (Å²) in [6, 6.07) is 2.85. The van der Waals surface area contributed by atoms with Crippen molar-refractivity contribution >= 4 is 23.1 Å². The number of nitrogens with zero attached hydrogens (tertiary/aromatic N) is 3. The predicted molar refractivity (Wildman–Crippen MR) is 94.3 cm³/mol. The number of fused-ring (bicyclic) bond motifs is 1. The Morgan fingerprint density at radius 2 is 2.00 bits per heavy atom. The van der Waals surface area contributed by atoms with E-state index >= 15 is 0 Å². The normalized spacial score (nSPS) is 11.0. The third-order valence-electron chi connectivity index (χ3n) is 4.29. The molecule has 7 nitrogen and oxygen atoms in total. The Bertz CT molecular complexity index is 1060. The van der Waals surface area contributed by atoms with Crippen LogP contribution in [0.3, 0.4) is 0 Å². The maximum atomic E-state index is 13.6. The first kappa shape index (κ1) is 18.4. The van der Waals surface area contributed by atoms with Crippen LogP contribution in [-0.4, -0.2) is 26.2 Å². The molecule has 0 aliphatic heterocycles. The average Bonchev–Trinajstić information content (AvgIpc) is 3.02. The number of halogens is 2. The standard InChI is InChI=1S/C18H17F2N5O2/c1-9-12(10(2)25-8-22-16(17(21)27)18(25)23-9)4-6-15(26)24-14-7-11(19)3-5-13(14)20/h3,5,7-8H,4,6H2,1-2H3,(H2,21,27)(H,24,26). The molecule has 27 heavy (non-hydrogen) atoms. The van der Waals surface area contributed by atoms with Gasteiger partial charge in [0.2, 0.25) is 5.91 Å². The number of hydrogen-bond acceptors (Lipinski definition) is 4. The summed E-state index contributed by atoms with van der Waals surface area (Å²) in [7, 11) is 0. The molecule has 0 fully saturated rings. The van der Waals surface area contributed by atoms with Crippen molar-refractivity contribution in [3.8, 4) is 0 Å². The molecule has 2 amide bonds. The number of hydrogen-bond donors (Lipinski definition) is 2. The SMILES string of the molecule is Cc1nc2c(C(N)=O)ncn2c(C)c1CCC(=O)Nc1cc(F)ccc1F. The fraction of sp³-hybridized carbons (Fsp3) is 0.222. The summed E-state index contributed by atoms with van der Waals surface area (Å²) in [5, 5.41) is 2.36. The number of aromatic nitrogens is 3. The number of carbonyl (C=O) groups excluding carboxylic acids is 2. The van der Waals surface area contributed by atoms with Gasteiger partial charge in [-0.15, -0.1) is 0 Å². The summed E-state index contributed by atoms with van der Waals surface area (Å²) in [5.74, 6) is -2.48. The number of aryl methyl sites for hydroxylation is 2. The molecule has 0 saturated heterocycles. The molecule has 0 aliphatic rings. The second-order valence-electron chi connectivity index (χ2n) is 6.08. The largest absolute Gasteiger partial charge is 0.364 e. The number of nitrogens with two attached hydrogens (primary N) is 1. The summed E-state index contributed by atoms with van der Waals surface area (Å²) in [5.41, 5.74) is 7.71. The molecule has 9 heteroatoms. The van der Waals surface area contributed by atoms with Crippen LogP contribution in [-0.2, 0) is 11.2 Å². The maximum Gasteiger partial charge on any atom is 0.271 e. The molecular formula is C18H17F2N5O2. The van der Waals surface area contributed by atoms with E-state index in [2.05, 4.69) is 15.3 Å². The Morgan fingerprint density at radius 1 is 1.26 bits per heavy atom. The molecule has 3 aromatic rings. The minimum absolute atomic E-state index is 0.0438. The number of imidazole rings is 1. The van der Waals surface area contributed by atoms with Gasteiger partial charge in [0.05, 0.1) is 5.69 Å². The van der Waals surface area contributed by atoms with Gasteiger partial charge >= 0.3 is 0 Å². The highest BCUT2D eigenvalue weighted by molar-refractivity contribution is 5.96. The Labute approximate surface area is 153 Å². The molecule has 0 aliphatic carbocycles. The summed E-state index contributed by atoms with van der Waals surface area (Å²) in [6.07, 6.45) is 1.82. The molecule has 3 rings (SSSR count). The number of primary amides is 1. The monoisotopic (exact) mass is 373 g/mol. The molecule has 2 heterocycles. The third-order valence-corrected chi connectivity index (χ3v) is 4.29. The van der Waals surface area contributed by atoms with Crippen molar-refractivity contribution in [3.05, 3.63) is 58.8 Å². The number of benzene rings is 1. The molecule has 0 saturated carbocycles. The van der Waals surface area contributed by atoms with E-state index in [1.807, 2.05) is 6.92 Å². The van der Waals surface area contributed by atoms with Gasteiger partial charge in [-0.2, -0.15) is 0 Å². The molecule has 1 aromatic carbocycles. The van der Waals surface area contributed by atoms with Crippen LogP contribution in [0, 0.1) is 25.5 Å². The molecule has 0 unspecified atom stereocenters. The lowest BCUT2D eigenvalue weighted by atomic mass is 10.1. The topological polar surface area (TPSA) is 102 Å². The van der Waals surface area contributed by atoms with E-state index in [1.165, 1.54) is 6.33 Å². The average molecular weight is 373 g/mol. The van der Waals surface area contributed by atoms with Crippen molar-refractivity contribution in [3.63, 3.8) is 0 Å². The molecule has 3 N–H and O–H groups in total. The number of anilines is 1. The second kappa shape index (κ2) is 7.10. The molecule has 0 radical (unpaired) electrons. The van der Waals surface area contributed by atoms with E-state index in [1.54, 1.807) is 11.3 Å². The van der Waals surface area contributed by atoms with Gasteiger partial charge in [0, 0.05) is 23.9 Å². The third kappa shape index (κ3) is 3.62. The predicted octanol–water partition coefficient (Wildman–Crippen LogP) is 2.29. The van der Waals surface area contributed by atoms with E-state index in [4.69, 9.17) is 5.73 Å². The van der Waals surface area contributed by atoms with Gasteiger partial charge in [0.25, 0.3) is 5.91 Å². The van der Waals surface area contributed by atoms with E-state index in [9.17, 15) is 18.4 Å². The minimum atomic E-state index is -0.711. The number of rotatable bonds is 5. The lowest BCUT2D eigenvalue weighted by molar-refractivity contribution is -0.116. The first-order valence-electron chi connectivity index (χ1n) is 8.15. The number of nitrogens with one attached hydrogen (secondary N) is 1. The van der Waals surface area contributed by atoms with Crippen LogP contribution < -0.4 is 11.1 Å². The smallest absolute Gasteiger partial charge is 0.271 e. The van der Waals surface area contributed by atoms with Gasteiger partial charge in [-0.3, -0.25) is 14.0 Å². The van der Waals surface area contributed by atoms with Gasteiger partial charge in [-0.05, 0) is 38.0 Å². The molecule has 2 aromatic heterocycles. The van der Waals surface area contributed by atoms with Crippen LogP contribution in [0.2, 0.25) is 0 Å². The van der Waals surface area contributed by atoms with Crippen molar-refractivity contribution in [2.24, 2.45) is 5.73 Å². The van der Waals surface area contributed by atoms with Gasteiger partial charge in [-0.1, -0.05) is 0 Å². The summed E-state index contributed by atoms with van der Waals surface area (Å²) < 4.78 is 28.4. The van der Waals surface area contributed by atoms with Crippen LogP contribution >= 0.6 is 0 Å². The zero-order chi connectivity index (χ0) is 19.7. The van der Waals surface area contributed by atoms with E-state index in [0.29, 0.717) is 17.8 Å². The van der Waals surface area contributed by atoms with Crippen LogP contribution in [0.5, 0.6) is 0 Å². The van der Waals surface area contributed by atoms with E-state index < -0.39 is 23.4 Å². The quantitative estimate of drug-likeness (QED) is 0.716. The van der Waals surface area contributed by atoms with Crippen molar-refractivity contribution in [1.29, 1.82) is 0 Å². The number of carbonyl (C=O) groups is 2. The van der Waals surface area contributed by atoms with Crippen LogP contribution in [0.25, 0.3) is 5.65 Å². The Balaban J connectivity index is 1.79. The summed E-state index contributed by atoms with van der Waals surface area (Å²) in [6.45, 7) is 3.57. The van der Waals surface area contributed by atoms with Gasteiger partial charge < -0.3 is 11.1 Å². The highest BCUT2D eigenvalue weighted by atomic mass is 19.1. The zero-order valence-electron chi connectivity index (χ0n) is 14.7. The molecule has 140 valence electrons. The summed E-state index contributed by atoms with van der Waals surface area (Å²) >= 11 is 0. The van der Waals surface area contributed by atoms with Crippen LogP contribution in [0.15, 0.2) is 24.5 Å². The molecule has 0 bridgehead atoms. The zero-order valence-corrected chi connectivity index (χ0v) is 14.7. The van der Waals surface area contributed by atoms with Gasteiger partial charge in [0.1, 0.15) is 18.0 Å². The van der Waals surface area contributed by atoms with Crippen molar-refractivity contribution in [2.45, 2.75) is 26.7 Å². The fourth-order valence-corrected chi connectivity index (χ4v) is 2.91. The first-order valence-corrected chi connectivity index (χ1v) is 8.15. The first-order chi connectivity index (χ1) is 12.8. The number of amides is 2. The minimum Gasteiger partial charge on any atom is -0.364 e. The van der Waals surface area contributed by atoms with Crippen molar-refractivity contribution in [1.82, 2.24) is 14.4 Å². The van der Waals surface area contributed by atoms with Crippen LogP contribution in [0.1, 0.15) is 33.9 Å². The summed E-state index contributed by atoms with van der Waals surface area (Å²) in [4.78, 5) is 31.9. The van der Waals surface area contributed by atoms with E-state index in [0.717, 1.165) is 29.5 Å².